The van der Waals surface area contributed by atoms with Gasteiger partial charge in [0.15, 0.2) is 0 Å². The van der Waals surface area contributed by atoms with E-state index in [9.17, 15) is 0 Å². The normalized spacial score (nSPS) is 17.0. The summed E-state index contributed by atoms with van der Waals surface area (Å²) in [6, 6.07) is 2.13. The molecule has 1 aromatic heterocycles. The quantitative estimate of drug-likeness (QED) is 0.677. The molecule has 1 aromatic rings. The van der Waals surface area contributed by atoms with Crippen molar-refractivity contribution < 1.29 is 0 Å². The molecule has 16 heavy (non-hydrogen) atoms. The van der Waals surface area contributed by atoms with E-state index in [4.69, 9.17) is 0 Å². The van der Waals surface area contributed by atoms with Crippen LogP contribution in [-0.2, 0) is 6.54 Å². The van der Waals surface area contributed by atoms with Crippen molar-refractivity contribution in [3.63, 3.8) is 0 Å². The second-order valence-electron chi connectivity index (χ2n) is 5.04. The molecule has 0 atom stereocenters. The minimum Gasteiger partial charge on any atom is -0.367 e. The zero-order valence-corrected chi connectivity index (χ0v) is 10.2. The fourth-order valence-corrected chi connectivity index (χ4v) is 2.68. The van der Waals surface area contributed by atoms with Crippen molar-refractivity contribution in [1.29, 1.82) is 0 Å². The maximum atomic E-state index is 3.49. The van der Waals surface area contributed by atoms with E-state index < -0.39 is 0 Å². The van der Waals surface area contributed by atoms with E-state index in [0.29, 0.717) is 0 Å². The first-order chi connectivity index (χ1) is 7.95. The molecule has 0 bridgehead atoms. The molecule has 1 aliphatic rings. The lowest BCUT2D eigenvalue weighted by atomic mass is 10.0. The van der Waals surface area contributed by atoms with Crippen molar-refractivity contribution in [2.75, 3.05) is 6.54 Å². The van der Waals surface area contributed by atoms with E-state index in [1.807, 2.05) is 6.20 Å². The van der Waals surface area contributed by atoms with Crippen LogP contribution >= 0.6 is 0 Å². The average molecular weight is 220 g/mol. The van der Waals surface area contributed by atoms with Gasteiger partial charge in [-0.3, -0.25) is 0 Å². The molecular weight excluding hydrogens is 196 g/mol. The fourth-order valence-electron chi connectivity index (χ4n) is 2.68. The standard InChI is InChI=1S/C14H24N2/c1-2-6-13(5-1)7-3-4-9-15-11-14-8-10-16-12-14/h8,10,12-13,15-16H,1-7,9,11H2. The molecule has 0 amide bonds. The highest BCUT2D eigenvalue weighted by Crippen LogP contribution is 2.28. The maximum absolute atomic E-state index is 3.49. The minimum atomic E-state index is 1.01. The number of hydrogen-bond acceptors (Lipinski definition) is 1. The molecule has 2 heteroatoms. The molecule has 0 radical (unpaired) electrons. The predicted octanol–water partition coefficient (Wildman–Crippen LogP) is 3.46. The van der Waals surface area contributed by atoms with Gasteiger partial charge in [-0.15, -0.1) is 0 Å². The minimum absolute atomic E-state index is 1.01. The Balaban J connectivity index is 1.43. The third-order valence-electron chi connectivity index (χ3n) is 3.68. The van der Waals surface area contributed by atoms with Gasteiger partial charge in [-0.2, -0.15) is 0 Å². The van der Waals surface area contributed by atoms with Crippen molar-refractivity contribution in [3.05, 3.63) is 24.0 Å². The predicted molar refractivity (Wildman–Crippen MR) is 68.3 cm³/mol. The lowest BCUT2D eigenvalue weighted by molar-refractivity contribution is 0.466. The van der Waals surface area contributed by atoms with Crippen molar-refractivity contribution in [1.82, 2.24) is 10.3 Å². The van der Waals surface area contributed by atoms with Crippen LogP contribution in [0.3, 0.4) is 0 Å². The zero-order chi connectivity index (χ0) is 11.1. The van der Waals surface area contributed by atoms with Crippen LogP contribution in [0.1, 0.15) is 50.5 Å². The summed E-state index contributed by atoms with van der Waals surface area (Å²) in [5.74, 6) is 1.06. The molecule has 1 fully saturated rings. The number of rotatable bonds is 7. The average Bonchev–Trinajstić information content (AvgIpc) is 2.96. The largest absolute Gasteiger partial charge is 0.367 e. The van der Waals surface area contributed by atoms with Gasteiger partial charge in [0.05, 0.1) is 0 Å². The molecule has 90 valence electrons. The smallest absolute Gasteiger partial charge is 0.0220 e. The number of hydrogen-bond donors (Lipinski definition) is 2. The fraction of sp³-hybridized carbons (Fsp3) is 0.714. The molecule has 0 unspecified atom stereocenters. The molecule has 2 nitrogen and oxygen atoms in total. The Labute approximate surface area is 98.8 Å². The second-order valence-corrected chi connectivity index (χ2v) is 5.04. The number of aromatic nitrogens is 1. The zero-order valence-electron chi connectivity index (χ0n) is 10.2. The van der Waals surface area contributed by atoms with E-state index >= 15 is 0 Å². The third kappa shape index (κ3) is 4.01. The second kappa shape index (κ2) is 6.74. The van der Waals surface area contributed by atoms with Crippen LogP contribution in [0.2, 0.25) is 0 Å². The van der Waals surface area contributed by atoms with Gasteiger partial charge in [0.2, 0.25) is 0 Å². The summed E-state index contributed by atoms with van der Waals surface area (Å²) in [5, 5.41) is 3.49. The lowest BCUT2D eigenvalue weighted by Gasteiger charge is -2.08. The van der Waals surface area contributed by atoms with E-state index in [0.717, 1.165) is 19.0 Å². The number of nitrogens with one attached hydrogen (secondary N) is 2. The molecular formula is C14H24N2. The van der Waals surface area contributed by atoms with Crippen LogP contribution in [0.25, 0.3) is 0 Å². The Hall–Kier alpha value is -0.760. The maximum Gasteiger partial charge on any atom is 0.0220 e. The van der Waals surface area contributed by atoms with Gasteiger partial charge in [0, 0.05) is 18.9 Å². The summed E-state index contributed by atoms with van der Waals surface area (Å²) in [6.45, 7) is 2.17. The van der Waals surface area contributed by atoms with Crippen molar-refractivity contribution >= 4 is 0 Å². The van der Waals surface area contributed by atoms with Crippen molar-refractivity contribution in [2.45, 2.75) is 51.5 Å². The molecule has 0 saturated heterocycles. The van der Waals surface area contributed by atoms with Crippen molar-refractivity contribution in [2.24, 2.45) is 5.92 Å². The van der Waals surface area contributed by atoms with Gasteiger partial charge in [-0.1, -0.05) is 38.5 Å². The molecule has 2 N–H and O–H groups in total. The monoisotopic (exact) mass is 220 g/mol. The van der Waals surface area contributed by atoms with Gasteiger partial charge >= 0.3 is 0 Å². The molecule has 1 saturated carbocycles. The molecule has 0 aliphatic heterocycles. The number of H-pyrrole nitrogens is 1. The van der Waals surface area contributed by atoms with Crippen LogP contribution in [-0.4, -0.2) is 11.5 Å². The first-order valence-corrected chi connectivity index (χ1v) is 6.77. The summed E-state index contributed by atoms with van der Waals surface area (Å²) in [5.41, 5.74) is 1.36. The van der Waals surface area contributed by atoms with Crippen LogP contribution in [0.5, 0.6) is 0 Å². The van der Waals surface area contributed by atoms with Gasteiger partial charge < -0.3 is 10.3 Å². The highest BCUT2D eigenvalue weighted by molar-refractivity contribution is 5.07. The van der Waals surface area contributed by atoms with Gasteiger partial charge in [0.25, 0.3) is 0 Å². The highest BCUT2D eigenvalue weighted by Gasteiger charge is 2.13. The molecule has 1 aliphatic carbocycles. The van der Waals surface area contributed by atoms with Crippen LogP contribution in [0, 0.1) is 5.92 Å². The number of aromatic amines is 1. The summed E-state index contributed by atoms with van der Waals surface area (Å²) < 4.78 is 0. The molecule has 0 aromatic carbocycles. The topological polar surface area (TPSA) is 27.8 Å². The van der Waals surface area contributed by atoms with Crippen LogP contribution in [0.15, 0.2) is 18.5 Å². The van der Waals surface area contributed by atoms with E-state index in [2.05, 4.69) is 22.6 Å². The molecule has 2 rings (SSSR count). The lowest BCUT2D eigenvalue weighted by Crippen LogP contribution is -2.14. The van der Waals surface area contributed by atoms with Crippen LogP contribution in [0.4, 0.5) is 0 Å². The van der Waals surface area contributed by atoms with E-state index in [-0.39, 0.29) is 0 Å². The summed E-state index contributed by atoms with van der Waals surface area (Å²) in [4.78, 5) is 3.08. The van der Waals surface area contributed by atoms with Crippen molar-refractivity contribution in [3.8, 4) is 0 Å². The first-order valence-electron chi connectivity index (χ1n) is 6.77. The summed E-state index contributed by atoms with van der Waals surface area (Å²) in [7, 11) is 0. The Bertz CT molecular complexity index is 260. The third-order valence-corrected chi connectivity index (χ3v) is 3.68. The van der Waals surface area contributed by atoms with Gasteiger partial charge in [-0.05, 0) is 30.5 Å². The van der Waals surface area contributed by atoms with E-state index in [1.165, 1.54) is 50.5 Å². The Morgan fingerprint density at radius 1 is 1.25 bits per heavy atom. The summed E-state index contributed by atoms with van der Waals surface area (Å²) >= 11 is 0. The molecule has 1 heterocycles. The highest BCUT2D eigenvalue weighted by atomic mass is 14.8. The summed E-state index contributed by atoms with van der Waals surface area (Å²) in [6.07, 6.45) is 14.2. The SMILES string of the molecule is c1cc(CNCCCCC2CCCC2)c[nH]1. The van der Waals surface area contributed by atoms with Gasteiger partial charge in [-0.25, -0.2) is 0 Å². The Morgan fingerprint density at radius 2 is 2.12 bits per heavy atom. The first kappa shape index (κ1) is 11.7. The molecule has 0 spiro atoms. The Morgan fingerprint density at radius 3 is 2.88 bits per heavy atom. The van der Waals surface area contributed by atoms with Gasteiger partial charge in [0.1, 0.15) is 0 Å². The number of unbranched alkanes of at least 4 members (excludes halogenated alkanes) is 1. The Kier molecular flexibility index (Phi) is 4.94. The van der Waals surface area contributed by atoms with E-state index in [1.54, 1.807) is 0 Å². The van der Waals surface area contributed by atoms with Crippen LogP contribution < -0.4 is 5.32 Å².